The van der Waals surface area contributed by atoms with Gasteiger partial charge in [0, 0.05) is 13.5 Å². The molecule has 0 aromatic heterocycles. The van der Waals surface area contributed by atoms with Crippen molar-refractivity contribution in [1.82, 2.24) is 0 Å². The molecule has 0 saturated heterocycles. The molecule has 2 rings (SSSR count). The number of anilines is 1. The quantitative estimate of drug-likeness (QED) is 0.694. The van der Waals surface area contributed by atoms with Crippen molar-refractivity contribution in [3.05, 3.63) is 53.1 Å². The van der Waals surface area contributed by atoms with Gasteiger partial charge >= 0.3 is 5.97 Å². The summed E-state index contributed by atoms with van der Waals surface area (Å²) in [5.74, 6) is -0.319. The van der Waals surface area contributed by atoms with Crippen molar-refractivity contribution in [3.8, 4) is 5.75 Å². The number of sulfonamides is 1. The van der Waals surface area contributed by atoms with Crippen LogP contribution in [0.1, 0.15) is 29.5 Å². The molecular formula is C20H25NO5S. The van der Waals surface area contributed by atoms with Gasteiger partial charge in [-0.05, 0) is 68.1 Å². The number of aryl methyl sites for hydroxylation is 2. The average Bonchev–Trinajstić information content (AvgIpc) is 2.61. The van der Waals surface area contributed by atoms with E-state index in [2.05, 4.69) is 0 Å². The topological polar surface area (TPSA) is 83.9 Å². The molecule has 146 valence electrons. The van der Waals surface area contributed by atoms with Gasteiger partial charge in [0.25, 0.3) is 10.0 Å². The molecule has 2 aromatic rings. The van der Waals surface area contributed by atoms with E-state index >= 15 is 0 Å². The van der Waals surface area contributed by atoms with Crippen molar-refractivity contribution in [1.29, 1.82) is 0 Å². The van der Waals surface area contributed by atoms with E-state index in [1.54, 1.807) is 32.2 Å². The first kappa shape index (κ1) is 20.8. The largest absolute Gasteiger partial charge is 0.493 e. The SMILES string of the molecule is Cc1cc(S(=O)(=O)N(C)c2cccc(C)c2C)ccc1OCCCC(=O)O. The molecule has 0 aliphatic heterocycles. The van der Waals surface area contributed by atoms with Crippen LogP contribution >= 0.6 is 0 Å². The Balaban J connectivity index is 2.22. The molecule has 0 unspecified atom stereocenters. The minimum absolute atomic E-state index is 0.0339. The smallest absolute Gasteiger partial charge is 0.303 e. The summed E-state index contributed by atoms with van der Waals surface area (Å²) < 4.78 is 32.9. The van der Waals surface area contributed by atoms with Crippen LogP contribution in [-0.4, -0.2) is 33.1 Å². The second-order valence-corrected chi connectivity index (χ2v) is 8.43. The summed E-state index contributed by atoms with van der Waals surface area (Å²) in [5, 5.41) is 8.65. The Morgan fingerprint density at radius 1 is 1.11 bits per heavy atom. The third kappa shape index (κ3) is 4.80. The molecule has 6 nitrogen and oxygen atoms in total. The molecule has 0 atom stereocenters. The van der Waals surface area contributed by atoms with Crippen molar-refractivity contribution in [2.24, 2.45) is 0 Å². The fraction of sp³-hybridized carbons (Fsp3) is 0.350. The van der Waals surface area contributed by atoms with Crippen molar-refractivity contribution < 1.29 is 23.1 Å². The zero-order valence-electron chi connectivity index (χ0n) is 16.0. The van der Waals surface area contributed by atoms with Crippen molar-refractivity contribution >= 4 is 21.7 Å². The van der Waals surface area contributed by atoms with Crippen molar-refractivity contribution in [2.75, 3.05) is 18.0 Å². The number of hydrogen-bond donors (Lipinski definition) is 1. The lowest BCUT2D eigenvalue weighted by Crippen LogP contribution is -2.27. The molecule has 0 aliphatic carbocycles. The predicted molar refractivity (Wildman–Crippen MR) is 105 cm³/mol. The molecule has 0 heterocycles. The third-order valence-electron chi connectivity index (χ3n) is 4.51. The number of hydrogen-bond acceptors (Lipinski definition) is 4. The first-order chi connectivity index (χ1) is 12.6. The summed E-state index contributed by atoms with van der Waals surface area (Å²) in [7, 11) is -2.16. The zero-order valence-corrected chi connectivity index (χ0v) is 16.8. The minimum Gasteiger partial charge on any atom is -0.493 e. The summed E-state index contributed by atoms with van der Waals surface area (Å²) in [4.78, 5) is 10.7. The van der Waals surface area contributed by atoms with Crippen molar-refractivity contribution in [3.63, 3.8) is 0 Å². The molecule has 0 saturated carbocycles. The molecule has 0 aliphatic rings. The Labute approximate surface area is 160 Å². The van der Waals surface area contributed by atoms with Crippen LogP contribution in [0.25, 0.3) is 0 Å². The lowest BCUT2D eigenvalue weighted by molar-refractivity contribution is -0.137. The zero-order chi connectivity index (χ0) is 20.2. The molecule has 0 spiro atoms. The Bertz CT molecular complexity index is 937. The highest BCUT2D eigenvalue weighted by Gasteiger charge is 2.23. The number of ether oxygens (including phenoxy) is 1. The Morgan fingerprint density at radius 2 is 1.81 bits per heavy atom. The van der Waals surface area contributed by atoms with Crippen LogP contribution in [0.3, 0.4) is 0 Å². The lowest BCUT2D eigenvalue weighted by Gasteiger charge is -2.23. The normalized spacial score (nSPS) is 11.3. The molecular weight excluding hydrogens is 366 g/mol. The minimum atomic E-state index is -3.71. The van der Waals surface area contributed by atoms with Gasteiger partial charge in [0.2, 0.25) is 0 Å². The first-order valence-corrected chi connectivity index (χ1v) is 10.1. The van der Waals surface area contributed by atoms with Gasteiger partial charge in [-0.3, -0.25) is 9.10 Å². The Hall–Kier alpha value is -2.54. The van der Waals surface area contributed by atoms with Gasteiger partial charge in [-0.1, -0.05) is 12.1 Å². The van der Waals surface area contributed by atoms with Gasteiger partial charge in [-0.25, -0.2) is 8.42 Å². The van der Waals surface area contributed by atoms with E-state index in [1.807, 2.05) is 26.0 Å². The second-order valence-electron chi connectivity index (χ2n) is 6.46. The van der Waals surface area contributed by atoms with Gasteiger partial charge in [-0.15, -0.1) is 0 Å². The highest BCUT2D eigenvalue weighted by Crippen LogP contribution is 2.29. The van der Waals surface area contributed by atoms with E-state index in [0.717, 1.165) is 11.1 Å². The lowest BCUT2D eigenvalue weighted by atomic mass is 10.1. The summed E-state index contributed by atoms with van der Waals surface area (Å²) in [5.41, 5.74) is 3.26. The van der Waals surface area contributed by atoms with E-state index in [1.165, 1.54) is 10.4 Å². The number of carbonyl (C=O) groups is 1. The van der Waals surface area contributed by atoms with Crippen LogP contribution in [-0.2, 0) is 14.8 Å². The van der Waals surface area contributed by atoms with Crippen LogP contribution < -0.4 is 9.04 Å². The molecule has 2 aromatic carbocycles. The molecule has 0 radical (unpaired) electrons. The number of carboxylic acid groups (broad SMARTS) is 1. The molecule has 27 heavy (non-hydrogen) atoms. The maximum Gasteiger partial charge on any atom is 0.303 e. The molecule has 0 amide bonds. The molecule has 1 N–H and O–H groups in total. The van der Waals surface area contributed by atoms with E-state index in [0.29, 0.717) is 23.4 Å². The van der Waals surface area contributed by atoms with E-state index in [-0.39, 0.29) is 17.9 Å². The van der Waals surface area contributed by atoms with Crippen molar-refractivity contribution in [2.45, 2.75) is 38.5 Å². The van der Waals surface area contributed by atoms with Gasteiger partial charge < -0.3 is 9.84 Å². The van der Waals surface area contributed by atoms with Crippen LogP contribution in [0.2, 0.25) is 0 Å². The van der Waals surface area contributed by atoms with E-state index in [4.69, 9.17) is 9.84 Å². The molecule has 7 heteroatoms. The number of nitrogens with zero attached hydrogens (tertiary/aromatic N) is 1. The van der Waals surface area contributed by atoms with Gasteiger partial charge in [-0.2, -0.15) is 0 Å². The molecule has 0 bridgehead atoms. The maximum absolute atomic E-state index is 13.0. The summed E-state index contributed by atoms with van der Waals surface area (Å²) in [6.45, 7) is 5.88. The van der Waals surface area contributed by atoms with Crippen LogP contribution in [0.15, 0.2) is 41.3 Å². The standard InChI is InChI=1S/C20H25NO5S/c1-14-7-5-8-18(16(14)3)21(4)27(24,25)17-10-11-19(15(2)13-17)26-12-6-9-20(22)23/h5,7-8,10-11,13H,6,9,12H2,1-4H3,(H,22,23). The average molecular weight is 391 g/mol. The summed E-state index contributed by atoms with van der Waals surface area (Å²) in [6, 6.07) is 10.3. The number of carboxylic acids is 1. The fourth-order valence-electron chi connectivity index (χ4n) is 2.71. The summed E-state index contributed by atoms with van der Waals surface area (Å²) in [6.07, 6.45) is 0.427. The third-order valence-corrected chi connectivity index (χ3v) is 6.28. The Morgan fingerprint density at radius 3 is 2.44 bits per heavy atom. The predicted octanol–water partition coefficient (Wildman–Crippen LogP) is 3.68. The fourth-order valence-corrected chi connectivity index (χ4v) is 4.05. The number of aliphatic carboxylic acids is 1. The number of rotatable bonds is 8. The maximum atomic E-state index is 13.0. The highest BCUT2D eigenvalue weighted by molar-refractivity contribution is 7.92. The van der Waals surface area contributed by atoms with E-state index < -0.39 is 16.0 Å². The highest BCUT2D eigenvalue weighted by atomic mass is 32.2. The van der Waals surface area contributed by atoms with Crippen LogP contribution in [0, 0.1) is 20.8 Å². The van der Waals surface area contributed by atoms with Gasteiger partial charge in [0.1, 0.15) is 5.75 Å². The number of benzene rings is 2. The summed E-state index contributed by atoms with van der Waals surface area (Å²) >= 11 is 0. The van der Waals surface area contributed by atoms with Gasteiger partial charge in [0.15, 0.2) is 0 Å². The van der Waals surface area contributed by atoms with Crippen LogP contribution in [0.4, 0.5) is 5.69 Å². The van der Waals surface area contributed by atoms with Crippen LogP contribution in [0.5, 0.6) is 5.75 Å². The molecule has 0 fully saturated rings. The van der Waals surface area contributed by atoms with E-state index in [9.17, 15) is 13.2 Å². The van der Waals surface area contributed by atoms with Gasteiger partial charge in [0.05, 0.1) is 17.2 Å². The second kappa shape index (κ2) is 8.43. The first-order valence-electron chi connectivity index (χ1n) is 8.65. The monoisotopic (exact) mass is 391 g/mol. The Kier molecular flexibility index (Phi) is 6.49.